The number of fused-ring (bicyclic) bond motifs is 2. The van der Waals surface area contributed by atoms with Crippen LogP contribution in [0.2, 0.25) is 0 Å². The van der Waals surface area contributed by atoms with Crippen molar-refractivity contribution in [2.75, 3.05) is 31.1 Å². The summed E-state index contributed by atoms with van der Waals surface area (Å²) in [5, 5.41) is 28.9. The number of carbonyl (C=O) groups is 7. The number of rotatable bonds is 40. The number of nitrogens with one attached hydrogen (secondary N) is 4. The van der Waals surface area contributed by atoms with Crippen LogP contribution in [-0.2, 0) is 79.1 Å². The molecule has 0 radical (unpaired) electrons. The third kappa shape index (κ3) is 22.8. The Balaban J connectivity index is 0.975. The molecule has 2 heterocycles. The Morgan fingerprint density at radius 3 is 1.91 bits per heavy atom. The summed E-state index contributed by atoms with van der Waals surface area (Å²) in [6, 6.07) is 32.8. The first kappa shape index (κ1) is 81.3. The number of allylic oxidation sites excluding steroid dienone is 7. The second-order valence-electron chi connectivity index (χ2n) is 28.3. The molecular formula is C81H101N6O16S2+. The first-order valence-corrected chi connectivity index (χ1v) is 39.3. The molecule has 0 spiro atoms. The Morgan fingerprint density at radius 2 is 1.27 bits per heavy atom. The van der Waals surface area contributed by atoms with Crippen LogP contribution in [0.15, 0.2) is 178 Å². The van der Waals surface area contributed by atoms with Gasteiger partial charge in [0.25, 0.3) is 20.2 Å². The number of aliphatic carboxylic acids is 2. The smallest absolute Gasteiger partial charge is 0.326 e. The average molecular weight is 1480 g/mol. The number of carboxylic acids is 2. The summed E-state index contributed by atoms with van der Waals surface area (Å²) in [6.45, 7) is 14.1. The van der Waals surface area contributed by atoms with Crippen LogP contribution >= 0.6 is 0 Å². The van der Waals surface area contributed by atoms with E-state index < -0.39 is 73.5 Å². The van der Waals surface area contributed by atoms with Crippen LogP contribution in [0.5, 0.6) is 5.75 Å². The molecule has 5 aromatic rings. The minimum absolute atomic E-state index is 0.0369. The van der Waals surface area contributed by atoms with Crippen LogP contribution in [0.4, 0.5) is 16.2 Å². The molecule has 562 valence electrons. The van der Waals surface area contributed by atoms with Gasteiger partial charge in [-0.3, -0.25) is 33.1 Å². The van der Waals surface area contributed by atoms with Gasteiger partial charge in [-0.15, -0.1) is 0 Å². The minimum atomic E-state index is -4.48. The predicted octanol–water partition coefficient (Wildman–Crippen LogP) is 13.0. The molecule has 3 atom stereocenters. The number of carbonyl (C=O) groups excluding carboxylic acids is 5. The van der Waals surface area contributed by atoms with Crippen molar-refractivity contribution in [2.45, 2.75) is 203 Å². The van der Waals surface area contributed by atoms with Gasteiger partial charge in [-0.2, -0.15) is 21.4 Å². The van der Waals surface area contributed by atoms with Crippen molar-refractivity contribution >= 4 is 78.7 Å². The Morgan fingerprint density at radius 1 is 0.629 bits per heavy atom. The zero-order valence-corrected chi connectivity index (χ0v) is 62.6. The van der Waals surface area contributed by atoms with Crippen molar-refractivity contribution in [1.82, 2.24) is 21.3 Å². The van der Waals surface area contributed by atoms with Gasteiger partial charge in [0.15, 0.2) is 11.5 Å². The molecule has 8 N–H and O–H groups in total. The molecule has 0 unspecified atom stereocenters. The molecule has 2 aliphatic heterocycles. The maximum Gasteiger partial charge on any atom is 0.326 e. The number of anilines is 1. The lowest BCUT2D eigenvalue weighted by Gasteiger charge is -2.27. The number of amides is 4. The SMILES string of the molecule is CCCCC[N+]1=C(/C=C/C2=C(Oc3ccc(CCNC(=O)[C@@H](CC(=O)[C@H](Cc4ccccc4)NC(=O)CCCCC(=O)CCCNC(=O)N[C@H](CCC(=O)O)C(=O)O)Cc4ccccc4)cc3)C(=C/C=C3/N(CCCC)c4ccc(S(=O)(=O)O)cc4C3(C)C)/CCC2)C(C)(C)c2cc(S(=O)(=O)O)ccc21. The van der Waals surface area contributed by atoms with E-state index >= 15 is 0 Å². The van der Waals surface area contributed by atoms with E-state index in [1.165, 1.54) is 12.1 Å². The van der Waals surface area contributed by atoms with Gasteiger partial charge in [-0.25, -0.2) is 9.59 Å². The van der Waals surface area contributed by atoms with Gasteiger partial charge in [0.2, 0.25) is 17.5 Å². The summed E-state index contributed by atoms with van der Waals surface area (Å²) in [7, 11) is -8.97. The molecule has 1 aliphatic carbocycles. The van der Waals surface area contributed by atoms with E-state index in [4.69, 9.17) is 9.84 Å². The zero-order chi connectivity index (χ0) is 76.1. The van der Waals surface area contributed by atoms with E-state index in [9.17, 15) is 64.6 Å². The lowest BCUT2D eigenvalue weighted by molar-refractivity contribution is -0.438. The lowest BCUT2D eigenvalue weighted by Crippen LogP contribution is -2.46. The van der Waals surface area contributed by atoms with Crippen molar-refractivity contribution in [2.24, 2.45) is 5.92 Å². The average Bonchev–Trinajstić information content (AvgIpc) is 1.59. The first-order valence-electron chi connectivity index (χ1n) is 36.4. The van der Waals surface area contributed by atoms with E-state index in [1.54, 1.807) is 24.3 Å². The summed E-state index contributed by atoms with van der Waals surface area (Å²) in [4.78, 5) is 91.6. The van der Waals surface area contributed by atoms with Gasteiger partial charge in [-0.1, -0.05) is 119 Å². The van der Waals surface area contributed by atoms with Crippen molar-refractivity contribution in [3.63, 3.8) is 0 Å². The van der Waals surface area contributed by atoms with Crippen LogP contribution in [0.1, 0.15) is 179 Å². The summed E-state index contributed by atoms with van der Waals surface area (Å²) in [6.07, 6.45) is 16.5. The highest BCUT2D eigenvalue weighted by molar-refractivity contribution is 7.86. The number of benzene rings is 5. The largest absolute Gasteiger partial charge is 0.481 e. The van der Waals surface area contributed by atoms with E-state index in [1.807, 2.05) is 98.8 Å². The number of hydrogen-bond donors (Lipinski definition) is 8. The minimum Gasteiger partial charge on any atom is -0.481 e. The number of Topliss-reactive ketones (excluding diaryl/α,β-unsaturated/α-hetero) is 2. The quantitative estimate of drug-likeness (QED) is 0.0103. The Kier molecular flexibility index (Phi) is 29.1. The standard InChI is InChI=1S/C81H100N6O16S2/c1-7-9-19-49-87-70-41-38-64(105(100,101)102)54-66(70)81(5,6)73(87)43-34-59-27-20-26-58(33-42-72-80(3,4)65-53-63(104(97,98)99)37-40-69(65)86(72)48-10-8-2)76(59)103-62-35-31-55(32-36-62)45-47-82-77(93)60(50-56-22-13-11-14-23-56)52-71(89)68(51-57-24-15-12-16-25-57)84-74(90)30-18-17-28-61(88)29-21-46-83-79(96)85-67(78(94)95)39-44-75(91)92/h11-16,22-25,31-38,40-43,53-54,60,67-68H,7-10,17-21,26-30,39,44-52H2,1-6H3,(H7-,82,83,84,85,90,91,92,93,94,95,96,97,98,99,100,101,102)/p+1/t60-,67-,68+/m1/s1. The van der Waals surface area contributed by atoms with Crippen LogP contribution in [0.25, 0.3) is 0 Å². The van der Waals surface area contributed by atoms with Gasteiger partial charge in [-0.05, 0) is 179 Å². The molecule has 0 bridgehead atoms. The number of hydrogen-bond acceptors (Lipinski definition) is 13. The summed E-state index contributed by atoms with van der Waals surface area (Å²) in [5.74, 6) is -3.26. The lowest BCUT2D eigenvalue weighted by atomic mass is 9.81. The topological polar surface area (TPSA) is 332 Å². The van der Waals surface area contributed by atoms with Crippen molar-refractivity contribution in [3.05, 3.63) is 196 Å². The summed E-state index contributed by atoms with van der Waals surface area (Å²) < 4.78 is 79.4. The van der Waals surface area contributed by atoms with Gasteiger partial charge in [0.05, 0.1) is 21.2 Å². The molecule has 8 rings (SSSR count). The highest BCUT2D eigenvalue weighted by Gasteiger charge is 2.45. The molecule has 24 heteroatoms. The number of ether oxygens (including phenoxy) is 1. The highest BCUT2D eigenvalue weighted by atomic mass is 32.2. The first-order chi connectivity index (χ1) is 50.0. The van der Waals surface area contributed by atoms with E-state index in [0.29, 0.717) is 56.7 Å². The second-order valence-corrected chi connectivity index (χ2v) is 31.2. The van der Waals surface area contributed by atoms with Crippen molar-refractivity contribution in [3.8, 4) is 5.75 Å². The molecule has 4 amide bonds. The van der Waals surface area contributed by atoms with Gasteiger partial charge in [0, 0.05) is 98.6 Å². The van der Waals surface area contributed by atoms with Gasteiger partial charge < -0.3 is 41.1 Å². The predicted molar refractivity (Wildman–Crippen MR) is 403 cm³/mol. The molecule has 3 aliphatic rings. The van der Waals surface area contributed by atoms with Crippen molar-refractivity contribution in [1.29, 1.82) is 0 Å². The zero-order valence-electron chi connectivity index (χ0n) is 61.0. The molecule has 0 fully saturated rings. The van der Waals surface area contributed by atoms with E-state index in [2.05, 4.69) is 82.7 Å². The maximum atomic E-state index is 14.5. The normalized spacial score (nSPS) is 16.4. The number of nitrogens with zero attached hydrogens (tertiary/aromatic N) is 2. The van der Waals surface area contributed by atoms with Crippen LogP contribution in [0.3, 0.4) is 0 Å². The Hall–Kier alpha value is -9.36. The van der Waals surface area contributed by atoms with E-state index in [0.717, 1.165) is 100 Å². The molecule has 0 saturated heterocycles. The fourth-order valence-electron chi connectivity index (χ4n) is 13.8. The monoisotopic (exact) mass is 1480 g/mol. The number of ketones is 2. The third-order valence-corrected chi connectivity index (χ3v) is 21.4. The van der Waals surface area contributed by atoms with Gasteiger partial charge in [0.1, 0.15) is 29.9 Å². The van der Waals surface area contributed by atoms with Crippen LogP contribution < -0.4 is 30.9 Å². The Labute approximate surface area is 617 Å². The molecule has 105 heavy (non-hydrogen) atoms. The van der Waals surface area contributed by atoms with Crippen LogP contribution in [-0.4, -0.2) is 126 Å². The molecule has 0 aromatic heterocycles. The maximum absolute atomic E-state index is 14.5. The summed E-state index contributed by atoms with van der Waals surface area (Å²) in [5.41, 5.74) is 8.30. The molecule has 0 saturated carbocycles. The highest BCUT2D eigenvalue weighted by Crippen LogP contribution is 2.49. The summed E-state index contributed by atoms with van der Waals surface area (Å²) >= 11 is 0. The molecular weight excluding hydrogens is 1380 g/mol. The molecule has 5 aromatic carbocycles. The van der Waals surface area contributed by atoms with Gasteiger partial charge >= 0.3 is 18.0 Å². The fourth-order valence-corrected chi connectivity index (χ4v) is 14.8. The van der Waals surface area contributed by atoms with Crippen LogP contribution in [0, 0.1) is 5.92 Å². The Bertz CT molecular complexity index is 4350. The number of carboxylic acid groups (broad SMARTS) is 2. The fraction of sp³-hybridized carbons (Fsp3) is 0.432. The number of unbranched alkanes of at least 4 members (excludes halogenated alkanes) is 4. The molecule has 22 nitrogen and oxygen atoms in total. The number of urea groups is 1. The van der Waals surface area contributed by atoms with Crippen molar-refractivity contribution < 1.29 is 79.0 Å². The second kappa shape index (κ2) is 37.6. The third-order valence-electron chi connectivity index (χ3n) is 19.7. The van der Waals surface area contributed by atoms with E-state index in [-0.39, 0.29) is 97.6 Å².